The van der Waals surface area contributed by atoms with E-state index < -0.39 is 0 Å². The molecule has 1 aliphatic heterocycles. The first kappa shape index (κ1) is 22.1. The summed E-state index contributed by atoms with van der Waals surface area (Å²) in [6.45, 7) is 4.06. The van der Waals surface area contributed by atoms with Crippen molar-refractivity contribution in [2.75, 3.05) is 40.5 Å². The Bertz CT molecular complexity index is 774. The molecule has 30 heavy (non-hydrogen) atoms. The summed E-state index contributed by atoms with van der Waals surface area (Å²) in [7, 11) is 3.56. The van der Waals surface area contributed by atoms with Crippen LogP contribution in [-0.2, 0) is 16.0 Å². The zero-order chi connectivity index (χ0) is 21.0. The monoisotopic (exact) mass is 411 g/mol. The zero-order valence-electron chi connectivity index (χ0n) is 18.0. The van der Waals surface area contributed by atoms with Crippen LogP contribution in [0.1, 0.15) is 24.8 Å². The van der Waals surface area contributed by atoms with Gasteiger partial charge < -0.3 is 24.4 Å². The summed E-state index contributed by atoms with van der Waals surface area (Å²) in [4.78, 5) is 6.79. The molecule has 2 aromatic carbocycles. The van der Waals surface area contributed by atoms with Gasteiger partial charge in [-0.1, -0.05) is 36.4 Å². The van der Waals surface area contributed by atoms with Gasteiger partial charge in [-0.3, -0.25) is 4.99 Å². The highest BCUT2D eigenvalue weighted by Crippen LogP contribution is 2.25. The number of methoxy groups -OCH3 is 1. The van der Waals surface area contributed by atoms with Crippen LogP contribution in [0.2, 0.25) is 0 Å². The predicted octanol–water partition coefficient (Wildman–Crippen LogP) is 4.07. The smallest absolute Gasteiger partial charge is 0.193 e. The summed E-state index contributed by atoms with van der Waals surface area (Å²) in [5, 5.41) is 3.49. The van der Waals surface area contributed by atoms with Crippen LogP contribution in [0, 0.1) is 0 Å². The van der Waals surface area contributed by atoms with Crippen molar-refractivity contribution < 1.29 is 14.2 Å². The number of nitrogens with zero attached hydrogens (tertiary/aromatic N) is 2. The lowest BCUT2D eigenvalue weighted by atomic mass is 10.1. The molecule has 1 N–H and O–H groups in total. The molecular formula is C24H33N3O3. The van der Waals surface area contributed by atoms with Crippen LogP contribution >= 0.6 is 0 Å². The van der Waals surface area contributed by atoms with Gasteiger partial charge in [-0.15, -0.1) is 0 Å². The molecule has 1 fully saturated rings. The third-order valence-electron chi connectivity index (χ3n) is 5.18. The average molecular weight is 412 g/mol. The third kappa shape index (κ3) is 6.75. The predicted molar refractivity (Wildman–Crippen MR) is 120 cm³/mol. The number of hydrogen-bond donors (Lipinski definition) is 1. The number of likely N-dealkylation sites (tertiary alicyclic amines) is 1. The number of nitrogens with one attached hydrogen (secondary N) is 1. The molecule has 6 nitrogen and oxygen atoms in total. The third-order valence-corrected chi connectivity index (χ3v) is 5.18. The van der Waals surface area contributed by atoms with Crippen molar-refractivity contribution in [1.29, 1.82) is 0 Å². The fourth-order valence-corrected chi connectivity index (χ4v) is 3.56. The van der Waals surface area contributed by atoms with Gasteiger partial charge in [-0.05, 0) is 37.5 Å². The summed E-state index contributed by atoms with van der Waals surface area (Å²) >= 11 is 0. The molecule has 0 bridgehead atoms. The number of aliphatic imine (C=N–C) groups is 1. The van der Waals surface area contributed by atoms with Gasteiger partial charge in [0, 0.05) is 52.6 Å². The van der Waals surface area contributed by atoms with Crippen molar-refractivity contribution in [2.24, 2.45) is 4.99 Å². The first-order valence-corrected chi connectivity index (χ1v) is 10.7. The second-order valence-electron chi connectivity index (χ2n) is 7.33. The van der Waals surface area contributed by atoms with E-state index in [-0.39, 0.29) is 0 Å². The van der Waals surface area contributed by atoms with Gasteiger partial charge in [0.05, 0.1) is 6.10 Å². The van der Waals surface area contributed by atoms with Gasteiger partial charge in [-0.25, -0.2) is 0 Å². The fraction of sp³-hybridized carbons (Fsp3) is 0.458. The molecule has 0 amide bonds. The Morgan fingerprint density at radius 2 is 1.77 bits per heavy atom. The van der Waals surface area contributed by atoms with E-state index in [2.05, 4.69) is 21.3 Å². The summed E-state index contributed by atoms with van der Waals surface area (Å²) < 4.78 is 17.1. The quantitative estimate of drug-likeness (QED) is 0.383. The minimum Gasteiger partial charge on any atom is -0.457 e. The Hall–Kier alpha value is -2.57. The van der Waals surface area contributed by atoms with Gasteiger partial charge >= 0.3 is 0 Å². The van der Waals surface area contributed by atoms with Gasteiger partial charge in [0.15, 0.2) is 5.96 Å². The SMILES string of the molecule is CN=C(NCc1ccccc1Oc1ccccc1)N1CCC(OCCCOC)CC1. The van der Waals surface area contributed by atoms with Gasteiger partial charge in [-0.2, -0.15) is 0 Å². The summed E-state index contributed by atoms with van der Waals surface area (Å²) in [6, 6.07) is 18.0. The van der Waals surface area contributed by atoms with Crippen LogP contribution < -0.4 is 10.1 Å². The van der Waals surface area contributed by atoms with E-state index in [4.69, 9.17) is 14.2 Å². The van der Waals surface area contributed by atoms with Crippen LogP contribution in [0.5, 0.6) is 11.5 Å². The first-order valence-electron chi connectivity index (χ1n) is 10.7. The largest absolute Gasteiger partial charge is 0.457 e. The highest BCUT2D eigenvalue weighted by atomic mass is 16.5. The van der Waals surface area contributed by atoms with Crippen molar-refractivity contribution in [2.45, 2.75) is 31.9 Å². The Labute approximate surface area is 179 Å². The lowest BCUT2D eigenvalue weighted by Crippen LogP contribution is -2.46. The molecule has 0 radical (unpaired) electrons. The molecule has 0 unspecified atom stereocenters. The van der Waals surface area contributed by atoms with Gasteiger partial charge in [0.2, 0.25) is 0 Å². The molecule has 1 heterocycles. The van der Waals surface area contributed by atoms with Crippen molar-refractivity contribution in [3.05, 3.63) is 60.2 Å². The standard InChI is InChI=1S/C24H33N3O3/c1-25-24(27-15-13-21(14-16-27)29-18-8-17-28-2)26-19-20-9-6-7-12-23(20)30-22-10-4-3-5-11-22/h3-7,9-12,21H,8,13-19H2,1-2H3,(H,25,26). The maximum atomic E-state index is 6.07. The van der Waals surface area contributed by atoms with Crippen LogP contribution in [0.25, 0.3) is 0 Å². The molecule has 162 valence electrons. The van der Waals surface area contributed by atoms with Crippen molar-refractivity contribution in [3.8, 4) is 11.5 Å². The topological polar surface area (TPSA) is 55.3 Å². The summed E-state index contributed by atoms with van der Waals surface area (Å²) in [5.74, 6) is 2.61. The Balaban J connectivity index is 1.49. The van der Waals surface area contributed by atoms with Gasteiger partial charge in [0.1, 0.15) is 11.5 Å². The molecule has 3 rings (SSSR count). The van der Waals surface area contributed by atoms with Crippen molar-refractivity contribution >= 4 is 5.96 Å². The number of guanidine groups is 1. The van der Waals surface area contributed by atoms with Crippen LogP contribution in [0.3, 0.4) is 0 Å². The van der Waals surface area contributed by atoms with Crippen LogP contribution in [0.4, 0.5) is 0 Å². The average Bonchev–Trinajstić information content (AvgIpc) is 2.80. The number of hydrogen-bond acceptors (Lipinski definition) is 4. The van der Waals surface area contributed by atoms with Gasteiger partial charge in [0.25, 0.3) is 0 Å². The molecular weight excluding hydrogens is 378 g/mol. The van der Waals surface area contributed by atoms with E-state index >= 15 is 0 Å². The van der Waals surface area contributed by atoms with E-state index in [1.54, 1.807) is 7.11 Å². The molecule has 0 saturated carbocycles. The number of benzene rings is 2. The summed E-state index contributed by atoms with van der Waals surface area (Å²) in [6.07, 6.45) is 3.31. The molecule has 0 atom stereocenters. The molecule has 0 aromatic heterocycles. The molecule has 1 saturated heterocycles. The fourth-order valence-electron chi connectivity index (χ4n) is 3.56. The lowest BCUT2D eigenvalue weighted by molar-refractivity contribution is 0.00989. The maximum absolute atomic E-state index is 6.07. The Morgan fingerprint density at radius 3 is 2.50 bits per heavy atom. The summed E-state index contributed by atoms with van der Waals surface area (Å²) in [5.41, 5.74) is 1.10. The van der Waals surface area contributed by atoms with E-state index in [0.29, 0.717) is 12.6 Å². The van der Waals surface area contributed by atoms with Crippen LogP contribution in [-0.4, -0.2) is 57.4 Å². The van der Waals surface area contributed by atoms with Crippen LogP contribution in [0.15, 0.2) is 59.6 Å². The molecule has 0 spiro atoms. The number of rotatable bonds is 9. The maximum Gasteiger partial charge on any atom is 0.193 e. The second kappa shape index (κ2) is 12.2. The van der Waals surface area contributed by atoms with E-state index in [1.165, 1.54) is 0 Å². The minimum atomic E-state index is 0.330. The normalized spacial score (nSPS) is 15.3. The highest BCUT2D eigenvalue weighted by Gasteiger charge is 2.22. The molecule has 1 aliphatic rings. The minimum absolute atomic E-state index is 0.330. The first-order chi connectivity index (χ1) is 14.8. The van der Waals surface area contributed by atoms with E-state index in [0.717, 1.165) is 68.6 Å². The van der Waals surface area contributed by atoms with Crippen molar-refractivity contribution in [3.63, 3.8) is 0 Å². The lowest BCUT2D eigenvalue weighted by Gasteiger charge is -2.34. The Kier molecular flexibility index (Phi) is 9.00. The number of para-hydroxylation sites is 2. The van der Waals surface area contributed by atoms with E-state index in [1.807, 2.05) is 55.6 Å². The highest BCUT2D eigenvalue weighted by molar-refractivity contribution is 5.80. The Morgan fingerprint density at radius 1 is 1.03 bits per heavy atom. The molecule has 0 aliphatic carbocycles. The number of piperidine rings is 1. The molecule has 2 aromatic rings. The number of ether oxygens (including phenoxy) is 3. The second-order valence-corrected chi connectivity index (χ2v) is 7.33. The van der Waals surface area contributed by atoms with E-state index in [9.17, 15) is 0 Å². The molecule has 6 heteroatoms. The van der Waals surface area contributed by atoms with Crippen molar-refractivity contribution in [1.82, 2.24) is 10.2 Å². The zero-order valence-corrected chi connectivity index (χ0v) is 18.0.